The van der Waals surface area contributed by atoms with Crippen LogP contribution >= 0.6 is 11.6 Å². The molecule has 0 heterocycles. The van der Waals surface area contributed by atoms with Crippen molar-refractivity contribution in [3.05, 3.63) is 64.7 Å². The molecule has 0 aromatic heterocycles. The molecule has 1 unspecified atom stereocenters. The molecular weight excluding hydrogens is 300 g/mol. The fourth-order valence-corrected chi connectivity index (χ4v) is 2.48. The number of benzene rings is 2. The van der Waals surface area contributed by atoms with Gasteiger partial charge in [-0.15, -0.1) is 0 Å². The third kappa shape index (κ3) is 4.23. The van der Waals surface area contributed by atoms with Gasteiger partial charge in [-0.3, -0.25) is 4.79 Å². The first kappa shape index (κ1) is 16.3. The third-order valence-electron chi connectivity index (χ3n) is 3.28. The molecule has 2 aromatic carbocycles. The minimum Gasteiger partial charge on any atom is -0.395 e. The molecule has 0 aliphatic heterocycles. The second kappa shape index (κ2) is 7.82. The minimum atomic E-state index is -0.205. The van der Waals surface area contributed by atoms with Crippen molar-refractivity contribution in [2.75, 3.05) is 18.5 Å². The Morgan fingerprint density at radius 3 is 2.73 bits per heavy atom. The number of nitrogens with one attached hydrogen (secondary N) is 2. The molecule has 2 rings (SSSR count). The Labute approximate surface area is 135 Å². The summed E-state index contributed by atoms with van der Waals surface area (Å²) in [5.74, 6) is -0.205. The number of aliphatic hydroxyl groups is 1. The van der Waals surface area contributed by atoms with Crippen molar-refractivity contribution < 1.29 is 9.90 Å². The summed E-state index contributed by atoms with van der Waals surface area (Å²) in [6, 6.07) is 14.9. The van der Waals surface area contributed by atoms with Crippen molar-refractivity contribution in [2.45, 2.75) is 13.0 Å². The zero-order chi connectivity index (χ0) is 15.9. The number of anilines is 1. The molecule has 0 spiro atoms. The highest BCUT2D eigenvalue weighted by atomic mass is 35.5. The van der Waals surface area contributed by atoms with Gasteiger partial charge in [-0.2, -0.15) is 0 Å². The van der Waals surface area contributed by atoms with Crippen molar-refractivity contribution in [1.82, 2.24) is 5.32 Å². The van der Waals surface area contributed by atoms with E-state index in [2.05, 4.69) is 10.6 Å². The molecule has 116 valence electrons. The van der Waals surface area contributed by atoms with Crippen LogP contribution in [0.15, 0.2) is 48.5 Å². The summed E-state index contributed by atoms with van der Waals surface area (Å²) in [5.41, 5.74) is 2.38. The van der Waals surface area contributed by atoms with Crippen LogP contribution in [0.5, 0.6) is 0 Å². The summed E-state index contributed by atoms with van der Waals surface area (Å²) >= 11 is 6.20. The Balaban J connectivity index is 2.10. The Morgan fingerprint density at radius 1 is 1.23 bits per heavy atom. The quantitative estimate of drug-likeness (QED) is 0.766. The Kier molecular flexibility index (Phi) is 5.81. The van der Waals surface area contributed by atoms with Crippen molar-refractivity contribution in [1.29, 1.82) is 0 Å². The van der Waals surface area contributed by atoms with Gasteiger partial charge in [0.05, 0.1) is 6.61 Å². The van der Waals surface area contributed by atoms with Crippen molar-refractivity contribution in [3.8, 4) is 0 Å². The van der Waals surface area contributed by atoms with Crippen LogP contribution in [0.1, 0.15) is 28.9 Å². The van der Waals surface area contributed by atoms with E-state index in [1.165, 1.54) is 0 Å². The van der Waals surface area contributed by atoms with Gasteiger partial charge in [0.15, 0.2) is 0 Å². The zero-order valence-corrected chi connectivity index (χ0v) is 13.1. The first-order chi connectivity index (χ1) is 10.6. The van der Waals surface area contributed by atoms with Gasteiger partial charge < -0.3 is 15.7 Å². The maximum absolute atomic E-state index is 11.9. The summed E-state index contributed by atoms with van der Waals surface area (Å²) in [4.78, 5) is 11.9. The Morgan fingerprint density at radius 2 is 2.00 bits per heavy atom. The van der Waals surface area contributed by atoms with Crippen LogP contribution in [0.2, 0.25) is 5.02 Å². The van der Waals surface area contributed by atoms with Crippen LogP contribution < -0.4 is 10.6 Å². The average Bonchev–Trinajstić information content (AvgIpc) is 2.53. The number of amides is 1. The molecular formula is C17H19ClN2O2. The number of carbonyl (C=O) groups excluding carboxylic acids is 1. The lowest BCUT2D eigenvalue weighted by Crippen LogP contribution is -2.26. The molecule has 0 fully saturated rings. The van der Waals surface area contributed by atoms with Crippen molar-refractivity contribution >= 4 is 23.2 Å². The molecule has 0 aliphatic carbocycles. The predicted molar refractivity (Wildman–Crippen MR) is 89.4 cm³/mol. The molecule has 5 heteroatoms. The van der Waals surface area contributed by atoms with Gasteiger partial charge in [0.2, 0.25) is 0 Å². The predicted octanol–water partition coefficient (Wildman–Crippen LogP) is 3.24. The smallest absolute Gasteiger partial charge is 0.251 e. The molecule has 1 amide bonds. The Bertz CT molecular complexity index is 646. The summed E-state index contributed by atoms with van der Waals surface area (Å²) in [7, 11) is 0. The number of halogens is 1. The summed E-state index contributed by atoms with van der Waals surface area (Å²) in [6.45, 7) is 2.18. The summed E-state index contributed by atoms with van der Waals surface area (Å²) in [5, 5.41) is 15.4. The standard InChI is InChI=1S/C17H19ClN2O2/c1-12(15-7-2-3-8-16(15)18)20-14-6-4-5-13(11-14)17(22)19-9-10-21/h2-8,11-12,20-21H,9-10H2,1H3,(H,19,22). The molecule has 22 heavy (non-hydrogen) atoms. The Hall–Kier alpha value is -2.04. The van der Waals surface area contributed by atoms with Gasteiger partial charge in [0.25, 0.3) is 5.91 Å². The van der Waals surface area contributed by atoms with Crippen LogP contribution in [0.25, 0.3) is 0 Å². The van der Waals surface area contributed by atoms with Crippen LogP contribution in [-0.4, -0.2) is 24.2 Å². The van der Waals surface area contributed by atoms with Crippen LogP contribution in [0.3, 0.4) is 0 Å². The van der Waals surface area contributed by atoms with E-state index >= 15 is 0 Å². The second-order valence-corrected chi connectivity index (χ2v) is 5.36. The molecule has 4 nitrogen and oxygen atoms in total. The normalized spacial score (nSPS) is 11.8. The zero-order valence-electron chi connectivity index (χ0n) is 12.3. The molecule has 2 aromatic rings. The van der Waals surface area contributed by atoms with Crippen molar-refractivity contribution in [2.24, 2.45) is 0 Å². The number of hydrogen-bond acceptors (Lipinski definition) is 3. The van der Waals surface area contributed by atoms with Gasteiger partial charge >= 0.3 is 0 Å². The molecule has 1 atom stereocenters. The fraction of sp³-hybridized carbons (Fsp3) is 0.235. The van der Waals surface area contributed by atoms with Crippen LogP contribution in [-0.2, 0) is 0 Å². The van der Waals surface area contributed by atoms with E-state index in [-0.39, 0.29) is 25.1 Å². The highest BCUT2D eigenvalue weighted by Gasteiger charge is 2.10. The molecule has 0 radical (unpaired) electrons. The minimum absolute atomic E-state index is 0.0180. The molecule has 3 N–H and O–H groups in total. The van der Waals surface area contributed by atoms with E-state index in [0.717, 1.165) is 11.3 Å². The monoisotopic (exact) mass is 318 g/mol. The van der Waals surface area contributed by atoms with E-state index in [9.17, 15) is 4.79 Å². The first-order valence-electron chi connectivity index (χ1n) is 7.12. The molecule has 0 saturated heterocycles. The van der Waals surface area contributed by atoms with E-state index in [4.69, 9.17) is 16.7 Å². The van der Waals surface area contributed by atoms with Gasteiger partial charge in [-0.1, -0.05) is 35.9 Å². The van der Waals surface area contributed by atoms with Gasteiger partial charge in [-0.05, 0) is 36.8 Å². The average molecular weight is 319 g/mol. The first-order valence-corrected chi connectivity index (χ1v) is 7.49. The molecule has 0 bridgehead atoms. The maximum Gasteiger partial charge on any atom is 0.251 e. The van der Waals surface area contributed by atoms with Crippen LogP contribution in [0, 0.1) is 0 Å². The van der Waals surface area contributed by atoms with E-state index in [1.807, 2.05) is 43.3 Å². The summed E-state index contributed by atoms with van der Waals surface area (Å²) in [6.07, 6.45) is 0. The largest absolute Gasteiger partial charge is 0.395 e. The lowest BCUT2D eigenvalue weighted by atomic mass is 10.1. The summed E-state index contributed by atoms with van der Waals surface area (Å²) < 4.78 is 0. The lowest BCUT2D eigenvalue weighted by Gasteiger charge is -2.17. The van der Waals surface area contributed by atoms with Gasteiger partial charge in [0.1, 0.15) is 0 Å². The highest BCUT2D eigenvalue weighted by Crippen LogP contribution is 2.25. The molecule has 0 aliphatic rings. The number of aliphatic hydroxyl groups excluding tert-OH is 1. The molecule has 0 saturated carbocycles. The van der Waals surface area contributed by atoms with E-state index in [0.29, 0.717) is 10.6 Å². The number of carbonyl (C=O) groups is 1. The van der Waals surface area contributed by atoms with Crippen molar-refractivity contribution in [3.63, 3.8) is 0 Å². The number of rotatable bonds is 6. The maximum atomic E-state index is 11.9. The lowest BCUT2D eigenvalue weighted by molar-refractivity contribution is 0.0945. The van der Waals surface area contributed by atoms with Gasteiger partial charge in [0, 0.05) is 28.9 Å². The third-order valence-corrected chi connectivity index (χ3v) is 3.62. The second-order valence-electron chi connectivity index (χ2n) is 4.95. The number of hydrogen-bond donors (Lipinski definition) is 3. The topological polar surface area (TPSA) is 61.4 Å². The fourth-order valence-electron chi connectivity index (χ4n) is 2.18. The van der Waals surface area contributed by atoms with E-state index < -0.39 is 0 Å². The highest BCUT2D eigenvalue weighted by molar-refractivity contribution is 6.31. The van der Waals surface area contributed by atoms with Gasteiger partial charge in [-0.25, -0.2) is 0 Å². The van der Waals surface area contributed by atoms with E-state index in [1.54, 1.807) is 12.1 Å². The SMILES string of the molecule is CC(Nc1cccc(C(=O)NCCO)c1)c1ccccc1Cl. The van der Waals surface area contributed by atoms with Crippen LogP contribution in [0.4, 0.5) is 5.69 Å².